The van der Waals surface area contributed by atoms with Crippen molar-refractivity contribution in [3.8, 4) is 0 Å². The fraction of sp³-hybridized carbons (Fsp3) is 0.500. The number of hydrogen-bond acceptors (Lipinski definition) is 2. The Balaban J connectivity index is 1.80. The number of nitrogens with zero attached hydrogens (tertiary/aromatic N) is 1. The average Bonchev–Trinajstić information content (AvgIpc) is 2.41. The molecule has 0 unspecified atom stereocenters. The number of benzene rings is 1. The predicted molar refractivity (Wildman–Crippen MR) is 89.1 cm³/mol. The smallest absolute Gasteiger partial charge is 0.187 e. The minimum absolute atomic E-state index is 0.484. The summed E-state index contributed by atoms with van der Waals surface area (Å²) in [5.74, 6) is 0.684. The fourth-order valence-electron chi connectivity index (χ4n) is 2.65. The van der Waals surface area contributed by atoms with E-state index in [1.807, 2.05) is 12.1 Å². The lowest BCUT2D eigenvalue weighted by atomic mass is 9.86. The van der Waals surface area contributed by atoms with Crippen molar-refractivity contribution < 1.29 is 0 Å². The summed E-state index contributed by atoms with van der Waals surface area (Å²) in [5, 5.41) is 8.19. The molecule has 2 N–H and O–H groups in total. The highest BCUT2D eigenvalue weighted by Gasteiger charge is 2.21. The Morgan fingerprint density at radius 1 is 1.35 bits per heavy atom. The molecule has 1 saturated carbocycles. The lowest BCUT2D eigenvalue weighted by Crippen LogP contribution is -2.44. The van der Waals surface area contributed by atoms with Crippen LogP contribution in [0.15, 0.2) is 29.4 Å². The third-order valence-corrected chi connectivity index (χ3v) is 4.06. The Hall–Kier alpha value is -1.42. The van der Waals surface area contributed by atoms with Crippen LogP contribution in [0.4, 0.5) is 0 Å². The molecule has 0 bridgehead atoms. The quantitative estimate of drug-likeness (QED) is 0.509. The zero-order valence-corrected chi connectivity index (χ0v) is 13.0. The van der Waals surface area contributed by atoms with Crippen molar-refractivity contribution in [3.63, 3.8) is 0 Å². The summed E-state index contributed by atoms with van der Waals surface area (Å²) in [6.07, 6.45) is 6.91. The first-order valence-electron chi connectivity index (χ1n) is 7.31. The van der Waals surface area contributed by atoms with E-state index in [0.717, 1.165) is 5.56 Å². The summed E-state index contributed by atoms with van der Waals surface area (Å²) in [5.41, 5.74) is 5.21. The molecule has 1 aliphatic carbocycles. The molecule has 20 heavy (non-hydrogen) atoms. The molecule has 0 aliphatic heterocycles. The Morgan fingerprint density at radius 3 is 2.90 bits per heavy atom. The third-order valence-electron chi connectivity index (χ3n) is 3.85. The summed E-state index contributed by atoms with van der Waals surface area (Å²) >= 11 is 5.29. The van der Waals surface area contributed by atoms with Crippen LogP contribution in [0.5, 0.6) is 0 Å². The molecule has 1 fully saturated rings. The van der Waals surface area contributed by atoms with Gasteiger partial charge in [0.1, 0.15) is 0 Å². The van der Waals surface area contributed by atoms with Crippen LogP contribution in [-0.2, 0) is 0 Å². The standard InChI is InChI=1S/C16H23N3S/c1-12-6-5-8-14(10-12)11-17-19-16(20)18-15-9-4-3-7-13(15)2/h5-6,8,10-11,13,15H,3-4,7,9H2,1-2H3,(H2,18,19,20)/b17-11-/t13-,15+/m1/s1. The van der Waals surface area contributed by atoms with E-state index >= 15 is 0 Å². The molecule has 0 saturated heterocycles. The number of hydrazone groups is 1. The van der Waals surface area contributed by atoms with Crippen LogP contribution < -0.4 is 10.7 Å². The van der Waals surface area contributed by atoms with E-state index < -0.39 is 0 Å². The molecule has 3 nitrogen and oxygen atoms in total. The summed E-state index contributed by atoms with van der Waals surface area (Å²) < 4.78 is 0. The van der Waals surface area contributed by atoms with Gasteiger partial charge in [-0.1, -0.05) is 49.6 Å². The number of aryl methyl sites for hydroxylation is 1. The zero-order valence-electron chi connectivity index (χ0n) is 12.2. The summed E-state index contributed by atoms with van der Waals surface area (Å²) in [6.45, 7) is 4.36. The SMILES string of the molecule is Cc1cccc(/C=N\NC(=S)N[C@H]2CCCC[C@H]2C)c1. The number of rotatable bonds is 3. The summed E-state index contributed by atoms with van der Waals surface area (Å²) in [4.78, 5) is 0. The highest BCUT2D eigenvalue weighted by atomic mass is 32.1. The predicted octanol–water partition coefficient (Wildman–Crippen LogP) is 3.37. The van der Waals surface area contributed by atoms with Crippen molar-refractivity contribution in [1.82, 2.24) is 10.7 Å². The van der Waals surface area contributed by atoms with Crippen molar-refractivity contribution in [2.45, 2.75) is 45.6 Å². The number of thiocarbonyl (C=S) groups is 1. The summed E-state index contributed by atoms with van der Waals surface area (Å²) in [7, 11) is 0. The van der Waals surface area contributed by atoms with Crippen LogP contribution in [-0.4, -0.2) is 17.4 Å². The largest absolute Gasteiger partial charge is 0.358 e. The molecular weight excluding hydrogens is 266 g/mol. The monoisotopic (exact) mass is 289 g/mol. The summed E-state index contributed by atoms with van der Waals surface area (Å²) in [6, 6.07) is 8.69. The van der Waals surface area contributed by atoms with Gasteiger partial charge in [0.2, 0.25) is 0 Å². The van der Waals surface area contributed by atoms with Crippen molar-refractivity contribution >= 4 is 23.5 Å². The number of nitrogens with one attached hydrogen (secondary N) is 2. The lowest BCUT2D eigenvalue weighted by Gasteiger charge is -2.30. The van der Waals surface area contributed by atoms with Crippen molar-refractivity contribution in [3.05, 3.63) is 35.4 Å². The van der Waals surface area contributed by atoms with Gasteiger partial charge in [-0.25, -0.2) is 0 Å². The molecule has 1 aromatic carbocycles. The molecule has 0 radical (unpaired) electrons. The van der Waals surface area contributed by atoms with E-state index in [1.165, 1.54) is 31.2 Å². The van der Waals surface area contributed by atoms with Gasteiger partial charge < -0.3 is 5.32 Å². The van der Waals surface area contributed by atoms with Gasteiger partial charge in [0, 0.05) is 6.04 Å². The topological polar surface area (TPSA) is 36.4 Å². The highest BCUT2D eigenvalue weighted by molar-refractivity contribution is 7.80. The zero-order chi connectivity index (χ0) is 14.4. The van der Waals surface area contributed by atoms with Crippen LogP contribution in [0.1, 0.15) is 43.7 Å². The minimum atomic E-state index is 0.484. The lowest BCUT2D eigenvalue weighted by molar-refractivity contribution is 0.308. The van der Waals surface area contributed by atoms with E-state index in [9.17, 15) is 0 Å². The molecular formula is C16H23N3S. The van der Waals surface area contributed by atoms with E-state index in [4.69, 9.17) is 12.2 Å². The van der Waals surface area contributed by atoms with Gasteiger partial charge in [0.05, 0.1) is 6.21 Å². The Kier molecular flexibility index (Phi) is 5.53. The first kappa shape index (κ1) is 15.0. The first-order valence-corrected chi connectivity index (χ1v) is 7.72. The van der Waals surface area contributed by atoms with Crippen LogP contribution in [0.25, 0.3) is 0 Å². The van der Waals surface area contributed by atoms with Crippen LogP contribution >= 0.6 is 12.2 Å². The normalized spacial score (nSPS) is 22.7. The first-order chi connectivity index (χ1) is 9.65. The molecule has 1 aromatic rings. The third kappa shape index (κ3) is 4.60. The van der Waals surface area contributed by atoms with Gasteiger partial charge in [-0.2, -0.15) is 5.10 Å². The van der Waals surface area contributed by atoms with Crippen LogP contribution in [0.2, 0.25) is 0 Å². The van der Waals surface area contributed by atoms with Crippen molar-refractivity contribution in [2.75, 3.05) is 0 Å². The van der Waals surface area contributed by atoms with Gasteiger partial charge in [-0.05, 0) is 43.5 Å². The second-order valence-electron chi connectivity index (χ2n) is 5.63. The fourth-order valence-corrected chi connectivity index (χ4v) is 2.85. The maximum absolute atomic E-state index is 5.29. The van der Waals surface area contributed by atoms with E-state index in [-0.39, 0.29) is 0 Å². The number of hydrogen-bond donors (Lipinski definition) is 2. The van der Waals surface area contributed by atoms with E-state index in [2.05, 4.69) is 41.8 Å². The molecule has 1 aliphatic rings. The molecule has 2 rings (SSSR count). The van der Waals surface area contributed by atoms with Gasteiger partial charge in [0.15, 0.2) is 5.11 Å². The van der Waals surface area contributed by atoms with Gasteiger partial charge >= 0.3 is 0 Å². The van der Waals surface area contributed by atoms with Crippen molar-refractivity contribution in [1.29, 1.82) is 0 Å². The Labute approximate surface area is 126 Å². The van der Waals surface area contributed by atoms with E-state index in [1.54, 1.807) is 6.21 Å². The second kappa shape index (κ2) is 7.39. The van der Waals surface area contributed by atoms with E-state index in [0.29, 0.717) is 17.1 Å². The average molecular weight is 289 g/mol. The van der Waals surface area contributed by atoms with Crippen LogP contribution in [0, 0.1) is 12.8 Å². The highest BCUT2D eigenvalue weighted by Crippen LogP contribution is 2.23. The van der Waals surface area contributed by atoms with Gasteiger partial charge in [0.25, 0.3) is 0 Å². The molecule has 0 aromatic heterocycles. The van der Waals surface area contributed by atoms with Gasteiger partial charge in [-0.3, -0.25) is 5.43 Å². The minimum Gasteiger partial charge on any atom is -0.358 e. The second-order valence-corrected chi connectivity index (χ2v) is 6.03. The van der Waals surface area contributed by atoms with Crippen molar-refractivity contribution in [2.24, 2.45) is 11.0 Å². The maximum Gasteiger partial charge on any atom is 0.187 e. The molecule has 108 valence electrons. The molecule has 0 heterocycles. The maximum atomic E-state index is 5.29. The Morgan fingerprint density at radius 2 is 2.15 bits per heavy atom. The molecule has 0 amide bonds. The molecule has 4 heteroatoms. The van der Waals surface area contributed by atoms with Gasteiger partial charge in [-0.15, -0.1) is 0 Å². The Bertz CT molecular complexity index is 484. The van der Waals surface area contributed by atoms with Crippen LogP contribution in [0.3, 0.4) is 0 Å². The molecule has 2 atom stereocenters. The molecule has 0 spiro atoms.